The summed E-state index contributed by atoms with van der Waals surface area (Å²) in [6, 6.07) is 19.6. The van der Waals surface area contributed by atoms with E-state index in [2.05, 4.69) is 5.32 Å². The Morgan fingerprint density at radius 1 is 0.941 bits per heavy atom. The van der Waals surface area contributed by atoms with Gasteiger partial charge in [-0.25, -0.2) is 9.18 Å². The van der Waals surface area contributed by atoms with Crippen molar-refractivity contribution in [2.24, 2.45) is 0 Å². The number of anilines is 1. The third kappa shape index (κ3) is 4.13. The van der Waals surface area contributed by atoms with Gasteiger partial charge in [0.25, 0.3) is 5.56 Å². The molecule has 9 heteroatoms. The zero-order valence-corrected chi connectivity index (χ0v) is 19.2. The Kier molecular flexibility index (Phi) is 5.77. The van der Waals surface area contributed by atoms with Crippen LogP contribution in [0.2, 0.25) is 5.02 Å². The first-order valence-corrected chi connectivity index (χ1v) is 11.5. The van der Waals surface area contributed by atoms with Crippen molar-refractivity contribution in [1.82, 2.24) is 9.13 Å². The van der Waals surface area contributed by atoms with Crippen LogP contribution in [0.3, 0.4) is 0 Å². The topological polar surface area (TPSA) is 73.1 Å². The quantitative estimate of drug-likeness (QED) is 0.380. The third-order valence-corrected chi connectivity index (χ3v) is 6.82. The van der Waals surface area contributed by atoms with Gasteiger partial charge in [0.2, 0.25) is 5.91 Å². The molecule has 5 aromatic rings. The molecule has 170 valence electrons. The first kappa shape index (κ1) is 22.1. The lowest BCUT2D eigenvalue weighted by atomic mass is 10.2. The molecule has 6 nitrogen and oxygen atoms in total. The molecule has 0 saturated carbocycles. The predicted molar refractivity (Wildman–Crippen MR) is 133 cm³/mol. The minimum atomic E-state index is -0.614. The minimum absolute atomic E-state index is 0.0407. The summed E-state index contributed by atoms with van der Waals surface area (Å²) in [4.78, 5) is 39.7. The number of nitrogens with one attached hydrogen (secondary N) is 1. The van der Waals surface area contributed by atoms with Crippen molar-refractivity contribution in [2.45, 2.75) is 13.1 Å². The Hall–Kier alpha value is -3.75. The van der Waals surface area contributed by atoms with Crippen molar-refractivity contribution in [3.63, 3.8) is 0 Å². The maximum Gasteiger partial charge on any atom is 0.332 e. The van der Waals surface area contributed by atoms with Crippen molar-refractivity contribution >= 4 is 54.8 Å². The van der Waals surface area contributed by atoms with Gasteiger partial charge in [0, 0.05) is 20.8 Å². The van der Waals surface area contributed by atoms with Crippen molar-refractivity contribution in [3.8, 4) is 0 Å². The number of aromatic nitrogens is 2. The molecule has 5 rings (SSSR count). The zero-order valence-electron chi connectivity index (χ0n) is 17.6. The van der Waals surface area contributed by atoms with Gasteiger partial charge in [-0.2, -0.15) is 0 Å². The zero-order chi connectivity index (χ0) is 23.8. The molecule has 0 atom stereocenters. The van der Waals surface area contributed by atoms with Crippen LogP contribution in [0.4, 0.5) is 10.1 Å². The highest BCUT2D eigenvalue weighted by molar-refractivity contribution is 7.25. The van der Waals surface area contributed by atoms with Crippen LogP contribution in [-0.2, 0) is 17.9 Å². The van der Waals surface area contributed by atoms with Crippen LogP contribution in [0.15, 0.2) is 82.4 Å². The van der Waals surface area contributed by atoms with Gasteiger partial charge in [0.05, 0.1) is 12.1 Å². The molecule has 1 N–H and O–H groups in total. The number of carbonyl (C=O) groups is 1. The number of carbonyl (C=O) groups excluding carboxylic acids is 1. The molecule has 0 fully saturated rings. The molecule has 0 bridgehead atoms. The Labute approximate surface area is 201 Å². The van der Waals surface area contributed by atoms with E-state index in [0.717, 1.165) is 14.7 Å². The highest BCUT2D eigenvalue weighted by Crippen LogP contribution is 2.31. The summed E-state index contributed by atoms with van der Waals surface area (Å²) in [5.74, 6) is -0.833. The van der Waals surface area contributed by atoms with E-state index in [4.69, 9.17) is 11.6 Å². The summed E-state index contributed by atoms with van der Waals surface area (Å²) >= 11 is 7.18. The molecule has 3 aromatic carbocycles. The Morgan fingerprint density at radius 2 is 1.65 bits per heavy atom. The first-order chi connectivity index (χ1) is 16.4. The smallest absolute Gasteiger partial charge is 0.325 e. The average Bonchev–Trinajstić information content (AvgIpc) is 3.22. The molecular weight excluding hydrogens is 477 g/mol. The highest BCUT2D eigenvalue weighted by Gasteiger charge is 2.20. The molecule has 34 heavy (non-hydrogen) atoms. The lowest BCUT2D eigenvalue weighted by Crippen LogP contribution is -2.41. The van der Waals surface area contributed by atoms with Crippen molar-refractivity contribution < 1.29 is 9.18 Å². The van der Waals surface area contributed by atoms with Crippen LogP contribution in [0.5, 0.6) is 0 Å². The molecule has 0 radical (unpaired) electrons. The van der Waals surface area contributed by atoms with Gasteiger partial charge in [-0.3, -0.25) is 18.7 Å². The molecule has 0 aliphatic heterocycles. The second-order valence-corrected chi connectivity index (χ2v) is 9.21. The Bertz CT molecular complexity index is 1650. The fraction of sp³-hybridized carbons (Fsp3) is 0.0800. The second kappa shape index (κ2) is 8.89. The average molecular weight is 494 g/mol. The van der Waals surface area contributed by atoms with Gasteiger partial charge in [-0.05, 0) is 48.0 Å². The SMILES string of the molecule is O=C(Cn1c(=O)n(Cc2ccc(F)cc2)c(=O)c2sc3ccccc3c21)Nc1ccc(Cl)cc1. The summed E-state index contributed by atoms with van der Waals surface area (Å²) in [6.45, 7) is -0.330. The summed E-state index contributed by atoms with van der Waals surface area (Å²) < 4.78 is 17.0. The van der Waals surface area contributed by atoms with Crippen molar-refractivity contribution in [2.75, 3.05) is 5.32 Å². The Balaban J connectivity index is 1.64. The molecular formula is C25H17ClFN3O3S. The number of rotatable bonds is 5. The third-order valence-electron chi connectivity index (χ3n) is 5.42. The van der Waals surface area contributed by atoms with E-state index in [9.17, 15) is 18.8 Å². The van der Waals surface area contributed by atoms with Crippen LogP contribution in [-0.4, -0.2) is 15.0 Å². The number of hydrogen-bond donors (Lipinski definition) is 1. The summed E-state index contributed by atoms with van der Waals surface area (Å²) in [5.41, 5.74) is 0.500. The van der Waals surface area contributed by atoms with Gasteiger partial charge in [0.1, 0.15) is 17.1 Å². The molecule has 1 amide bonds. The molecule has 2 aromatic heterocycles. The molecule has 0 spiro atoms. The molecule has 2 heterocycles. The van der Waals surface area contributed by atoms with E-state index < -0.39 is 23.0 Å². The van der Waals surface area contributed by atoms with E-state index in [0.29, 0.717) is 26.5 Å². The lowest BCUT2D eigenvalue weighted by Gasteiger charge is -2.13. The maximum atomic E-state index is 13.5. The van der Waals surface area contributed by atoms with Gasteiger partial charge < -0.3 is 5.32 Å². The van der Waals surface area contributed by atoms with E-state index in [1.54, 1.807) is 24.3 Å². The van der Waals surface area contributed by atoms with Gasteiger partial charge in [-0.1, -0.05) is 41.9 Å². The number of halogens is 2. The van der Waals surface area contributed by atoms with Crippen LogP contribution in [0.25, 0.3) is 20.3 Å². The lowest BCUT2D eigenvalue weighted by molar-refractivity contribution is -0.116. The summed E-state index contributed by atoms with van der Waals surface area (Å²) in [7, 11) is 0. The normalized spacial score (nSPS) is 11.2. The summed E-state index contributed by atoms with van der Waals surface area (Å²) in [5, 5.41) is 4.02. The van der Waals surface area contributed by atoms with E-state index in [1.807, 2.05) is 24.3 Å². The van der Waals surface area contributed by atoms with Crippen molar-refractivity contribution in [3.05, 3.63) is 110 Å². The monoisotopic (exact) mass is 493 g/mol. The number of benzene rings is 3. The van der Waals surface area contributed by atoms with Crippen LogP contribution in [0.1, 0.15) is 5.56 Å². The van der Waals surface area contributed by atoms with Crippen LogP contribution < -0.4 is 16.6 Å². The minimum Gasteiger partial charge on any atom is -0.325 e. The highest BCUT2D eigenvalue weighted by atomic mass is 35.5. The fourth-order valence-corrected chi connectivity index (χ4v) is 5.11. The predicted octanol–water partition coefficient (Wildman–Crippen LogP) is 4.86. The van der Waals surface area contributed by atoms with Crippen LogP contribution >= 0.6 is 22.9 Å². The largest absolute Gasteiger partial charge is 0.332 e. The van der Waals surface area contributed by atoms with E-state index >= 15 is 0 Å². The molecule has 0 unspecified atom stereocenters. The molecule has 0 aliphatic carbocycles. The number of thiophene rings is 1. The Morgan fingerprint density at radius 3 is 2.38 bits per heavy atom. The maximum absolute atomic E-state index is 13.5. The van der Waals surface area contributed by atoms with Gasteiger partial charge >= 0.3 is 5.69 Å². The summed E-state index contributed by atoms with van der Waals surface area (Å²) in [6.07, 6.45) is 0. The van der Waals surface area contributed by atoms with Gasteiger partial charge in [0.15, 0.2) is 0 Å². The number of nitrogens with zero attached hydrogens (tertiary/aromatic N) is 2. The first-order valence-electron chi connectivity index (χ1n) is 10.4. The van der Waals surface area contributed by atoms with Gasteiger partial charge in [-0.15, -0.1) is 11.3 Å². The van der Waals surface area contributed by atoms with E-state index in [1.165, 1.54) is 40.2 Å². The number of amides is 1. The van der Waals surface area contributed by atoms with E-state index in [-0.39, 0.29) is 13.1 Å². The van der Waals surface area contributed by atoms with Crippen LogP contribution in [0, 0.1) is 5.82 Å². The number of fused-ring (bicyclic) bond motifs is 3. The fourth-order valence-electron chi connectivity index (χ4n) is 3.83. The number of hydrogen-bond acceptors (Lipinski definition) is 4. The van der Waals surface area contributed by atoms with Crippen molar-refractivity contribution in [1.29, 1.82) is 0 Å². The standard InChI is InChI=1S/C25H17ClFN3O3S/c26-16-7-11-18(12-8-16)28-21(31)14-29-22-19-3-1-2-4-20(19)34-23(22)24(32)30(25(29)33)13-15-5-9-17(27)10-6-15/h1-12H,13-14H2,(H,28,31). The molecule has 0 aliphatic rings. The second-order valence-electron chi connectivity index (χ2n) is 7.72. The molecule has 0 saturated heterocycles.